The summed E-state index contributed by atoms with van der Waals surface area (Å²) in [7, 11) is 3.15. The van der Waals surface area contributed by atoms with Crippen LogP contribution in [0.5, 0.6) is 11.5 Å². The van der Waals surface area contributed by atoms with Gasteiger partial charge in [0, 0.05) is 37.1 Å². The fraction of sp³-hybridized carbons (Fsp3) is 0.286. The summed E-state index contributed by atoms with van der Waals surface area (Å²) in [6.45, 7) is 2.84. The summed E-state index contributed by atoms with van der Waals surface area (Å²) < 4.78 is 10.6. The Hall–Kier alpha value is -3.35. The predicted molar refractivity (Wildman–Crippen MR) is 105 cm³/mol. The quantitative estimate of drug-likeness (QED) is 0.745. The first-order chi connectivity index (χ1) is 13.5. The van der Waals surface area contributed by atoms with Gasteiger partial charge in [-0.15, -0.1) is 0 Å². The van der Waals surface area contributed by atoms with Crippen molar-refractivity contribution >= 4 is 17.9 Å². The third kappa shape index (κ3) is 3.98. The van der Waals surface area contributed by atoms with E-state index in [-0.39, 0.29) is 11.8 Å². The Labute approximate surface area is 164 Å². The molecule has 28 heavy (non-hydrogen) atoms. The summed E-state index contributed by atoms with van der Waals surface area (Å²) in [6.07, 6.45) is 7.02. The molecule has 1 aliphatic rings. The highest BCUT2D eigenvalue weighted by atomic mass is 16.5. The summed E-state index contributed by atoms with van der Waals surface area (Å²) in [5.74, 6) is 0.809. The molecule has 2 heterocycles. The van der Waals surface area contributed by atoms with Gasteiger partial charge in [0.2, 0.25) is 0 Å². The lowest BCUT2D eigenvalue weighted by Crippen LogP contribution is -2.44. The van der Waals surface area contributed by atoms with Crippen LogP contribution in [-0.2, 0) is 4.79 Å². The van der Waals surface area contributed by atoms with Gasteiger partial charge < -0.3 is 9.47 Å². The normalized spacial score (nSPS) is 13.8. The molecule has 2 amide bonds. The van der Waals surface area contributed by atoms with Crippen LogP contribution in [0.25, 0.3) is 6.08 Å². The molecular formula is C21H23N3O4. The number of ether oxygens (including phenoxy) is 2. The lowest BCUT2D eigenvalue weighted by molar-refractivity contribution is -0.134. The van der Waals surface area contributed by atoms with Crippen molar-refractivity contribution < 1.29 is 19.1 Å². The molecule has 3 rings (SSSR count). The van der Waals surface area contributed by atoms with Crippen LogP contribution in [0.3, 0.4) is 0 Å². The van der Waals surface area contributed by atoms with Crippen LogP contribution in [0.1, 0.15) is 27.9 Å². The molecule has 0 N–H and O–H groups in total. The number of amides is 2. The number of hydrogen-bond donors (Lipinski definition) is 0. The van der Waals surface area contributed by atoms with Crippen LogP contribution < -0.4 is 9.47 Å². The predicted octanol–water partition coefficient (Wildman–Crippen LogP) is 2.71. The van der Waals surface area contributed by atoms with Gasteiger partial charge in [0.05, 0.1) is 19.8 Å². The van der Waals surface area contributed by atoms with Gasteiger partial charge in [-0.05, 0) is 49.2 Å². The average Bonchev–Trinajstić information content (AvgIpc) is 3.21. The molecule has 0 saturated carbocycles. The van der Waals surface area contributed by atoms with Crippen LogP contribution in [-0.4, -0.2) is 54.1 Å². The lowest BCUT2D eigenvalue weighted by Gasteiger charge is -2.27. The third-order valence-corrected chi connectivity index (χ3v) is 4.63. The summed E-state index contributed by atoms with van der Waals surface area (Å²) in [5.41, 5.74) is 2.05. The first kappa shape index (κ1) is 19.4. The largest absolute Gasteiger partial charge is 0.497 e. The minimum Gasteiger partial charge on any atom is -0.497 e. The summed E-state index contributed by atoms with van der Waals surface area (Å²) in [6, 6.07) is 7.13. The Morgan fingerprint density at radius 3 is 2.61 bits per heavy atom. The van der Waals surface area contributed by atoms with Crippen LogP contribution >= 0.6 is 0 Å². The van der Waals surface area contributed by atoms with E-state index >= 15 is 0 Å². The monoisotopic (exact) mass is 381 g/mol. The highest BCUT2D eigenvalue weighted by Gasteiger charge is 2.31. The van der Waals surface area contributed by atoms with Gasteiger partial charge in [-0.2, -0.15) is 0 Å². The van der Waals surface area contributed by atoms with E-state index in [4.69, 9.17) is 9.47 Å². The first-order valence-corrected chi connectivity index (χ1v) is 8.99. The Kier molecular flexibility index (Phi) is 5.93. The van der Waals surface area contributed by atoms with E-state index in [9.17, 15) is 9.59 Å². The number of methoxy groups -OCH3 is 2. The van der Waals surface area contributed by atoms with Crippen molar-refractivity contribution in [2.24, 2.45) is 0 Å². The zero-order chi connectivity index (χ0) is 20.1. The Morgan fingerprint density at radius 2 is 1.89 bits per heavy atom. The number of hydrazine groups is 1. The molecule has 1 aromatic carbocycles. The molecule has 0 unspecified atom stereocenters. The number of nitrogens with zero attached hydrogens (tertiary/aromatic N) is 3. The van der Waals surface area contributed by atoms with Gasteiger partial charge in [0.25, 0.3) is 11.8 Å². The number of aryl methyl sites for hydroxylation is 1. The van der Waals surface area contributed by atoms with E-state index in [2.05, 4.69) is 4.98 Å². The third-order valence-electron chi connectivity index (χ3n) is 4.63. The second-order valence-corrected chi connectivity index (χ2v) is 6.38. The number of hydrogen-bond acceptors (Lipinski definition) is 5. The topological polar surface area (TPSA) is 72.0 Å². The van der Waals surface area contributed by atoms with Gasteiger partial charge >= 0.3 is 0 Å². The molecule has 0 atom stereocenters. The smallest absolute Gasteiger partial charge is 0.274 e. The van der Waals surface area contributed by atoms with E-state index < -0.39 is 0 Å². The molecule has 146 valence electrons. The second kappa shape index (κ2) is 8.56. The molecule has 1 fully saturated rings. The molecule has 1 aliphatic heterocycles. The maximum atomic E-state index is 12.9. The number of pyridine rings is 1. The summed E-state index contributed by atoms with van der Waals surface area (Å²) >= 11 is 0. The Bertz CT molecular complexity index is 910. The molecule has 0 spiro atoms. The molecule has 2 aromatic rings. The van der Waals surface area contributed by atoms with Crippen molar-refractivity contribution in [3.8, 4) is 11.5 Å². The van der Waals surface area contributed by atoms with Crippen LogP contribution in [0, 0.1) is 6.92 Å². The van der Waals surface area contributed by atoms with Gasteiger partial charge in [0.1, 0.15) is 11.5 Å². The van der Waals surface area contributed by atoms with E-state index in [1.165, 1.54) is 22.3 Å². The second-order valence-electron chi connectivity index (χ2n) is 6.38. The lowest BCUT2D eigenvalue weighted by atomic mass is 10.1. The Balaban J connectivity index is 1.79. The van der Waals surface area contributed by atoms with Gasteiger partial charge in [-0.25, -0.2) is 10.0 Å². The molecule has 7 heteroatoms. The minimum absolute atomic E-state index is 0.219. The molecule has 0 radical (unpaired) electrons. The maximum Gasteiger partial charge on any atom is 0.274 e. The van der Waals surface area contributed by atoms with Crippen molar-refractivity contribution in [1.82, 2.24) is 15.0 Å². The van der Waals surface area contributed by atoms with Crippen molar-refractivity contribution in [2.45, 2.75) is 13.3 Å². The number of rotatable bonds is 5. The van der Waals surface area contributed by atoms with E-state index in [1.54, 1.807) is 50.8 Å². The van der Waals surface area contributed by atoms with Gasteiger partial charge in [-0.3, -0.25) is 14.6 Å². The minimum atomic E-state index is -0.266. The molecule has 0 bridgehead atoms. The Morgan fingerprint density at radius 1 is 1.11 bits per heavy atom. The zero-order valence-electron chi connectivity index (χ0n) is 16.2. The number of carbonyl (C=O) groups is 2. The van der Waals surface area contributed by atoms with Crippen molar-refractivity contribution in [3.63, 3.8) is 0 Å². The van der Waals surface area contributed by atoms with E-state index in [0.717, 1.165) is 17.5 Å². The zero-order valence-corrected chi connectivity index (χ0v) is 16.2. The van der Waals surface area contributed by atoms with Crippen molar-refractivity contribution in [2.75, 3.05) is 27.3 Å². The molecule has 1 saturated heterocycles. The maximum absolute atomic E-state index is 12.9. The van der Waals surface area contributed by atoms with Gasteiger partial charge in [0.15, 0.2) is 0 Å². The summed E-state index contributed by atoms with van der Waals surface area (Å²) in [4.78, 5) is 29.7. The molecule has 0 aliphatic carbocycles. The number of aromatic nitrogens is 1. The highest BCUT2D eigenvalue weighted by molar-refractivity contribution is 5.99. The molecular weight excluding hydrogens is 358 g/mol. The van der Waals surface area contributed by atoms with Crippen LogP contribution in [0.15, 0.2) is 42.7 Å². The van der Waals surface area contributed by atoms with Crippen LogP contribution in [0.2, 0.25) is 0 Å². The summed E-state index contributed by atoms with van der Waals surface area (Å²) in [5, 5.41) is 2.96. The SMILES string of the molecule is COc1ccc(OC)c(C=CC(=O)N2CCCN2C(=O)c2cnccc2C)c1. The van der Waals surface area contributed by atoms with Gasteiger partial charge in [-0.1, -0.05) is 0 Å². The van der Waals surface area contributed by atoms with E-state index in [0.29, 0.717) is 30.2 Å². The van der Waals surface area contributed by atoms with Crippen molar-refractivity contribution in [3.05, 3.63) is 59.4 Å². The highest BCUT2D eigenvalue weighted by Crippen LogP contribution is 2.25. The first-order valence-electron chi connectivity index (χ1n) is 8.99. The number of benzene rings is 1. The standard InChI is InChI=1S/C21H23N3O4/c1-15-9-10-22-14-18(15)21(26)24-12-4-11-23(24)20(25)8-5-16-13-17(27-2)6-7-19(16)28-3/h5-10,13-14H,4,11-12H2,1-3H3. The number of carbonyl (C=O) groups excluding carboxylic acids is 2. The van der Waals surface area contributed by atoms with Crippen molar-refractivity contribution in [1.29, 1.82) is 0 Å². The molecule has 1 aromatic heterocycles. The van der Waals surface area contributed by atoms with E-state index in [1.807, 2.05) is 6.92 Å². The molecule has 7 nitrogen and oxygen atoms in total. The average molecular weight is 381 g/mol. The van der Waals surface area contributed by atoms with Crippen LogP contribution in [0.4, 0.5) is 0 Å². The fourth-order valence-electron chi connectivity index (χ4n) is 3.10. The fourth-order valence-corrected chi connectivity index (χ4v) is 3.10.